The number of benzene rings is 2. The first-order valence-corrected chi connectivity index (χ1v) is 10.6. The van der Waals surface area contributed by atoms with E-state index < -0.39 is 6.04 Å². The summed E-state index contributed by atoms with van der Waals surface area (Å²) in [4.78, 5) is 26.8. The van der Waals surface area contributed by atoms with Gasteiger partial charge in [0.25, 0.3) is 0 Å². The summed E-state index contributed by atoms with van der Waals surface area (Å²) in [6, 6.07) is 12.9. The molecular weight excluding hydrogens is 399 g/mol. The van der Waals surface area contributed by atoms with Crippen molar-refractivity contribution >= 4 is 35.2 Å². The number of likely N-dealkylation sites (N-methyl/N-ethyl adjacent to an activating group) is 1. The van der Waals surface area contributed by atoms with E-state index in [1.54, 1.807) is 30.1 Å². The molecule has 150 valence electrons. The normalized spacial score (nSPS) is 11.7. The summed E-state index contributed by atoms with van der Waals surface area (Å²) < 4.78 is 13.0. The number of hydrogen-bond acceptors (Lipinski definition) is 3. The van der Waals surface area contributed by atoms with Crippen LogP contribution in [0.1, 0.15) is 24.5 Å². The van der Waals surface area contributed by atoms with Crippen molar-refractivity contribution in [1.82, 2.24) is 10.2 Å². The van der Waals surface area contributed by atoms with Crippen LogP contribution in [0.25, 0.3) is 0 Å². The van der Waals surface area contributed by atoms with Crippen molar-refractivity contribution in [3.8, 4) is 0 Å². The van der Waals surface area contributed by atoms with Gasteiger partial charge in [-0.1, -0.05) is 48.9 Å². The Bertz CT molecular complexity index is 801. The van der Waals surface area contributed by atoms with E-state index in [0.717, 1.165) is 11.1 Å². The molecule has 0 radical (unpaired) electrons. The Balaban J connectivity index is 2.10. The van der Waals surface area contributed by atoms with Crippen LogP contribution in [-0.2, 0) is 21.9 Å². The maximum Gasteiger partial charge on any atom is 0.242 e. The molecular formula is C21H24ClFN2O2S. The number of hydrogen-bond donors (Lipinski definition) is 1. The Morgan fingerprint density at radius 2 is 1.86 bits per heavy atom. The van der Waals surface area contributed by atoms with Crippen molar-refractivity contribution in [3.05, 3.63) is 70.5 Å². The monoisotopic (exact) mass is 422 g/mol. The summed E-state index contributed by atoms with van der Waals surface area (Å²) in [5.41, 5.74) is 1.73. The number of carbonyl (C=O) groups is 2. The molecule has 2 amide bonds. The number of rotatable bonds is 9. The van der Waals surface area contributed by atoms with Crippen LogP contribution in [-0.4, -0.2) is 35.6 Å². The molecule has 0 aromatic heterocycles. The zero-order valence-electron chi connectivity index (χ0n) is 16.0. The fraction of sp³-hybridized carbons (Fsp3) is 0.333. The Morgan fingerprint density at radius 3 is 2.46 bits per heavy atom. The van der Waals surface area contributed by atoms with Gasteiger partial charge in [0, 0.05) is 24.4 Å². The van der Waals surface area contributed by atoms with Gasteiger partial charge in [-0.25, -0.2) is 4.39 Å². The molecule has 2 rings (SSSR count). The van der Waals surface area contributed by atoms with Gasteiger partial charge in [0.2, 0.25) is 11.8 Å². The molecule has 0 bridgehead atoms. The van der Waals surface area contributed by atoms with Crippen molar-refractivity contribution in [3.63, 3.8) is 0 Å². The van der Waals surface area contributed by atoms with Gasteiger partial charge in [-0.15, -0.1) is 11.8 Å². The molecule has 0 spiro atoms. The second-order valence-corrected chi connectivity index (χ2v) is 7.66. The molecule has 1 atom stereocenters. The average molecular weight is 423 g/mol. The largest absolute Gasteiger partial charge is 0.357 e. The molecule has 0 heterocycles. The molecule has 28 heavy (non-hydrogen) atoms. The highest BCUT2D eigenvalue weighted by molar-refractivity contribution is 7.99. The first-order chi connectivity index (χ1) is 13.5. The average Bonchev–Trinajstić information content (AvgIpc) is 2.70. The van der Waals surface area contributed by atoms with Crippen molar-refractivity contribution in [2.24, 2.45) is 0 Å². The highest BCUT2D eigenvalue weighted by atomic mass is 35.5. The van der Waals surface area contributed by atoms with E-state index in [1.807, 2.05) is 25.1 Å². The third kappa shape index (κ3) is 6.24. The lowest BCUT2D eigenvalue weighted by Crippen LogP contribution is -2.48. The van der Waals surface area contributed by atoms with E-state index in [9.17, 15) is 14.0 Å². The molecule has 0 aliphatic heterocycles. The van der Waals surface area contributed by atoms with Crippen molar-refractivity contribution in [2.45, 2.75) is 31.7 Å². The van der Waals surface area contributed by atoms with Crippen LogP contribution in [0, 0.1) is 5.82 Å². The molecule has 4 nitrogen and oxygen atoms in total. The fourth-order valence-corrected chi connectivity index (χ4v) is 3.88. The third-order valence-corrected chi connectivity index (χ3v) is 5.70. The lowest BCUT2D eigenvalue weighted by Gasteiger charge is -2.30. The standard InChI is InChI=1S/C21H24ClFN2O2S/c1-3-19(21(27)24-2)25(12-16-6-4-5-7-18(16)22)20(26)14-28-13-15-8-10-17(23)11-9-15/h4-11,19H,3,12-14H2,1-2H3,(H,24,27)/t19-/m0/s1. The van der Waals surface area contributed by atoms with Gasteiger partial charge in [0.1, 0.15) is 11.9 Å². The van der Waals surface area contributed by atoms with Gasteiger partial charge in [0.05, 0.1) is 5.75 Å². The lowest BCUT2D eigenvalue weighted by atomic mass is 10.1. The smallest absolute Gasteiger partial charge is 0.242 e. The summed E-state index contributed by atoms with van der Waals surface area (Å²) in [5.74, 6) is 0.180. The topological polar surface area (TPSA) is 49.4 Å². The van der Waals surface area contributed by atoms with Crippen LogP contribution in [0.5, 0.6) is 0 Å². The molecule has 2 aromatic rings. The van der Waals surface area contributed by atoms with Gasteiger partial charge in [0.15, 0.2) is 0 Å². The summed E-state index contributed by atoms with van der Waals surface area (Å²) in [5, 5.41) is 3.19. The second kappa shape index (κ2) is 11.1. The lowest BCUT2D eigenvalue weighted by molar-refractivity contribution is -0.139. The van der Waals surface area contributed by atoms with Crippen LogP contribution in [0.15, 0.2) is 48.5 Å². The van der Waals surface area contributed by atoms with Gasteiger partial charge < -0.3 is 10.2 Å². The van der Waals surface area contributed by atoms with Crippen LogP contribution >= 0.6 is 23.4 Å². The van der Waals surface area contributed by atoms with E-state index in [2.05, 4.69) is 5.32 Å². The van der Waals surface area contributed by atoms with Crippen LogP contribution in [0.4, 0.5) is 4.39 Å². The zero-order valence-corrected chi connectivity index (χ0v) is 17.5. The summed E-state index contributed by atoms with van der Waals surface area (Å²) in [6.07, 6.45) is 0.499. The van der Waals surface area contributed by atoms with E-state index in [0.29, 0.717) is 17.2 Å². The Labute approximate surface area is 174 Å². The molecule has 0 aliphatic rings. The minimum Gasteiger partial charge on any atom is -0.357 e. The molecule has 7 heteroatoms. The Morgan fingerprint density at radius 1 is 1.18 bits per heavy atom. The molecule has 0 aliphatic carbocycles. The molecule has 0 saturated carbocycles. The summed E-state index contributed by atoms with van der Waals surface area (Å²) in [7, 11) is 1.56. The SMILES string of the molecule is CC[C@@H](C(=O)NC)N(Cc1ccccc1Cl)C(=O)CSCc1ccc(F)cc1. The van der Waals surface area contributed by atoms with Crippen LogP contribution in [0.2, 0.25) is 5.02 Å². The number of amides is 2. The highest BCUT2D eigenvalue weighted by Crippen LogP contribution is 2.21. The second-order valence-electron chi connectivity index (χ2n) is 6.27. The minimum atomic E-state index is -0.569. The van der Waals surface area contributed by atoms with E-state index in [1.165, 1.54) is 23.9 Å². The number of carbonyl (C=O) groups excluding carboxylic acids is 2. The van der Waals surface area contributed by atoms with Gasteiger partial charge in [-0.2, -0.15) is 0 Å². The Hall–Kier alpha value is -2.05. The minimum absolute atomic E-state index is 0.137. The predicted molar refractivity (Wildman–Crippen MR) is 113 cm³/mol. The summed E-state index contributed by atoms with van der Waals surface area (Å²) >= 11 is 7.69. The molecule has 2 aromatic carbocycles. The number of thioether (sulfide) groups is 1. The number of nitrogens with zero attached hydrogens (tertiary/aromatic N) is 1. The van der Waals surface area contributed by atoms with Crippen molar-refractivity contribution in [1.29, 1.82) is 0 Å². The third-order valence-electron chi connectivity index (χ3n) is 4.34. The maximum absolute atomic E-state index is 13.0. The maximum atomic E-state index is 13.0. The quantitative estimate of drug-likeness (QED) is 0.656. The number of nitrogens with one attached hydrogen (secondary N) is 1. The van der Waals surface area contributed by atoms with E-state index >= 15 is 0 Å². The van der Waals surface area contributed by atoms with Gasteiger partial charge >= 0.3 is 0 Å². The first-order valence-electron chi connectivity index (χ1n) is 9.03. The fourth-order valence-electron chi connectivity index (χ4n) is 2.82. The van der Waals surface area contributed by atoms with Gasteiger partial charge in [-0.05, 0) is 35.7 Å². The first kappa shape index (κ1) is 22.2. The Kier molecular flexibility index (Phi) is 8.80. The molecule has 0 fully saturated rings. The highest BCUT2D eigenvalue weighted by Gasteiger charge is 2.28. The molecule has 0 unspecified atom stereocenters. The van der Waals surface area contributed by atoms with Gasteiger partial charge in [-0.3, -0.25) is 9.59 Å². The van der Waals surface area contributed by atoms with Crippen molar-refractivity contribution < 1.29 is 14.0 Å². The van der Waals surface area contributed by atoms with Crippen LogP contribution < -0.4 is 5.32 Å². The molecule has 1 N–H and O–H groups in total. The molecule has 0 saturated heterocycles. The number of halogens is 2. The summed E-state index contributed by atoms with van der Waals surface area (Å²) in [6.45, 7) is 2.14. The van der Waals surface area contributed by atoms with E-state index in [-0.39, 0.29) is 29.9 Å². The predicted octanol–water partition coefficient (Wildman–Crippen LogP) is 4.27. The van der Waals surface area contributed by atoms with E-state index in [4.69, 9.17) is 11.6 Å². The van der Waals surface area contributed by atoms with Crippen LogP contribution in [0.3, 0.4) is 0 Å². The zero-order chi connectivity index (χ0) is 20.5. The van der Waals surface area contributed by atoms with Crippen molar-refractivity contribution in [2.75, 3.05) is 12.8 Å².